The van der Waals surface area contributed by atoms with Crippen molar-refractivity contribution in [3.63, 3.8) is 0 Å². The maximum atomic E-state index is 7.97. The molecular weight excluding hydrogens is 582 g/mol. The van der Waals surface area contributed by atoms with E-state index in [2.05, 4.69) is 19.9 Å². The van der Waals surface area contributed by atoms with E-state index in [1.54, 1.807) is 49.1 Å². The highest BCUT2D eigenvalue weighted by Gasteiger charge is 2.17. The van der Waals surface area contributed by atoms with Crippen LogP contribution in [0.4, 0.5) is 0 Å². The van der Waals surface area contributed by atoms with Crippen LogP contribution in [-0.2, 0) is 0 Å². The highest BCUT2D eigenvalue weighted by Crippen LogP contribution is 2.38. The summed E-state index contributed by atoms with van der Waals surface area (Å²) in [4.78, 5) is 18.1. The molecule has 0 saturated heterocycles. The largest absolute Gasteiger partial charge is 0.457 e. The Morgan fingerprint density at radius 2 is 1.02 bits per heavy atom. The molecule has 226 valence electrons. The number of fused-ring (bicyclic) bond motifs is 3. The minimum atomic E-state index is -2.30. The lowest BCUT2D eigenvalue weighted by Crippen LogP contribution is -2.00. The first-order valence-corrected chi connectivity index (χ1v) is 15.1. The molecule has 0 aliphatic heterocycles. The van der Waals surface area contributed by atoms with Gasteiger partial charge in [-0.1, -0.05) is 36.4 Å². The Bertz CT molecular complexity index is 2510. The maximum absolute atomic E-state index is 7.97. The Balaban J connectivity index is 1.17. The minimum absolute atomic E-state index is 0.185. The number of aryl methyl sites for hydroxylation is 2. The van der Waals surface area contributed by atoms with Gasteiger partial charge in [0.15, 0.2) is 0 Å². The van der Waals surface area contributed by atoms with Gasteiger partial charge in [-0.15, -0.1) is 0 Å². The Morgan fingerprint density at radius 3 is 1.60 bits per heavy atom. The molecule has 0 spiro atoms. The predicted octanol–water partition coefficient (Wildman–Crippen LogP) is 9.90. The topological polar surface area (TPSA) is 75.0 Å². The molecule has 0 saturated carbocycles. The summed E-state index contributed by atoms with van der Waals surface area (Å²) in [6.07, 6.45) is 6.81. The van der Waals surface area contributed by atoms with E-state index in [0.717, 1.165) is 38.6 Å². The van der Waals surface area contributed by atoms with E-state index >= 15 is 0 Å². The van der Waals surface area contributed by atoms with E-state index in [1.165, 1.54) is 0 Å². The molecular formula is C40H29N5O2. The summed E-state index contributed by atoms with van der Waals surface area (Å²) in [5.74, 6) is 2.99. The number of hydrogen-bond acceptors (Lipinski definition) is 6. The quantitative estimate of drug-likeness (QED) is 0.178. The van der Waals surface area contributed by atoms with Crippen LogP contribution in [0.15, 0.2) is 140 Å². The van der Waals surface area contributed by atoms with Gasteiger partial charge in [0.1, 0.15) is 23.0 Å². The van der Waals surface area contributed by atoms with Crippen LogP contribution in [0.2, 0.25) is 0 Å². The number of benzene rings is 4. The van der Waals surface area contributed by atoms with Gasteiger partial charge in [-0.25, -0.2) is 9.97 Å². The Labute approximate surface area is 276 Å². The third-order valence-corrected chi connectivity index (χ3v) is 7.97. The number of hydrogen-bond donors (Lipinski definition) is 0. The Kier molecular flexibility index (Phi) is 6.29. The van der Waals surface area contributed by atoms with Crippen molar-refractivity contribution in [1.82, 2.24) is 24.5 Å². The van der Waals surface area contributed by atoms with Crippen molar-refractivity contribution < 1.29 is 13.6 Å². The summed E-state index contributed by atoms with van der Waals surface area (Å²) >= 11 is 0. The molecule has 0 fully saturated rings. The average molecular weight is 615 g/mol. The van der Waals surface area contributed by atoms with Crippen molar-refractivity contribution in [2.24, 2.45) is 0 Å². The highest BCUT2D eigenvalue weighted by molar-refractivity contribution is 6.09. The summed E-state index contributed by atoms with van der Waals surface area (Å²) in [6, 6.07) is 36.0. The first kappa shape index (κ1) is 24.9. The van der Waals surface area contributed by atoms with Crippen LogP contribution in [0, 0.1) is 13.8 Å². The number of nitrogens with zero attached hydrogens (tertiary/aromatic N) is 5. The van der Waals surface area contributed by atoms with Crippen molar-refractivity contribution in [3.8, 4) is 51.5 Å². The number of aromatic nitrogens is 5. The smallest absolute Gasteiger partial charge is 0.234 e. The highest BCUT2D eigenvalue weighted by atomic mass is 16.5. The van der Waals surface area contributed by atoms with Crippen molar-refractivity contribution in [3.05, 3.63) is 151 Å². The monoisotopic (exact) mass is 614 g/mol. The van der Waals surface area contributed by atoms with Gasteiger partial charge in [-0.2, -0.15) is 0 Å². The molecule has 4 heterocycles. The molecule has 0 amide bonds. The standard InChI is InChI=1S/C40H29N5O2/c1-26-8-5-18-41-38(26)28-10-3-12-30(22-28)46-32-14-16-34-35-17-15-33(25-37(35)45(36(34)24-32)40-43-20-7-21-44-40)47-31-13-4-11-29(23-31)39-27(2)9-6-19-42-39/h3-25H,1-2H3/i1D3. The fourth-order valence-electron chi connectivity index (χ4n) is 5.84. The molecule has 0 aliphatic carbocycles. The van der Waals surface area contributed by atoms with Crippen LogP contribution in [0.25, 0.3) is 50.3 Å². The van der Waals surface area contributed by atoms with Gasteiger partial charge < -0.3 is 9.47 Å². The van der Waals surface area contributed by atoms with Crippen LogP contribution in [0.5, 0.6) is 23.0 Å². The first-order chi connectivity index (χ1) is 24.3. The van der Waals surface area contributed by atoms with Crippen molar-refractivity contribution in [2.45, 2.75) is 13.8 Å². The van der Waals surface area contributed by atoms with Crippen LogP contribution < -0.4 is 9.47 Å². The number of ether oxygens (including phenoxy) is 2. The number of rotatable bonds is 7. The van der Waals surface area contributed by atoms with Gasteiger partial charge in [0.2, 0.25) is 5.95 Å². The zero-order valence-electron chi connectivity index (χ0n) is 28.3. The molecule has 7 nitrogen and oxygen atoms in total. The Hall–Kier alpha value is -6.34. The SMILES string of the molecule is [2H]C([2H])([2H])c1cccnc1-c1cccc(Oc2ccc3c4ccc(Oc5cccc(-c6ncccc6C)c5)cc4n(-c4ncccn4)c3c2)c1. The van der Waals surface area contributed by atoms with E-state index in [-0.39, 0.29) is 5.56 Å². The van der Waals surface area contributed by atoms with Crippen molar-refractivity contribution in [2.75, 3.05) is 0 Å². The van der Waals surface area contributed by atoms with Crippen LogP contribution in [0.1, 0.15) is 15.2 Å². The molecule has 0 bridgehead atoms. The second-order valence-electron chi connectivity index (χ2n) is 11.1. The Morgan fingerprint density at radius 1 is 0.511 bits per heavy atom. The zero-order chi connectivity index (χ0) is 34.2. The van der Waals surface area contributed by atoms with E-state index in [4.69, 9.17) is 13.6 Å². The van der Waals surface area contributed by atoms with Gasteiger partial charge >= 0.3 is 0 Å². The van der Waals surface area contributed by atoms with Gasteiger partial charge in [0, 0.05) is 62.9 Å². The maximum Gasteiger partial charge on any atom is 0.234 e. The van der Waals surface area contributed by atoms with Gasteiger partial charge in [-0.05, 0) is 91.6 Å². The van der Waals surface area contributed by atoms with Crippen molar-refractivity contribution >= 4 is 21.8 Å². The van der Waals surface area contributed by atoms with Gasteiger partial charge in [0.25, 0.3) is 0 Å². The molecule has 0 N–H and O–H groups in total. The second-order valence-corrected chi connectivity index (χ2v) is 11.1. The van der Waals surface area contributed by atoms with E-state index in [9.17, 15) is 0 Å². The molecule has 0 aliphatic rings. The van der Waals surface area contributed by atoms with E-state index in [1.807, 2.05) is 102 Å². The minimum Gasteiger partial charge on any atom is -0.457 e. The summed E-state index contributed by atoms with van der Waals surface area (Å²) in [6.45, 7) is -0.256. The fourth-order valence-corrected chi connectivity index (χ4v) is 5.84. The summed E-state index contributed by atoms with van der Waals surface area (Å²) in [5.41, 5.74) is 5.92. The van der Waals surface area contributed by atoms with Crippen LogP contribution >= 0.6 is 0 Å². The molecule has 8 rings (SSSR count). The summed E-state index contributed by atoms with van der Waals surface area (Å²) < 4.78 is 38.7. The molecule has 4 aromatic carbocycles. The molecule has 4 aromatic heterocycles. The molecule has 0 unspecified atom stereocenters. The zero-order valence-corrected chi connectivity index (χ0v) is 25.3. The molecule has 47 heavy (non-hydrogen) atoms. The first-order valence-electron chi connectivity index (χ1n) is 16.6. The lowest BCUT2D eigenvalue weighted by atomic mass is 10.1. The molecule has 7 heteroatoms. The summed E-state index contributed by atoms with van der Waals surface area (Å²) in [7, 11) is 0. The normalized spacial score (nSPS) is 12.4. The van der Waals surface area contributed by atoms with E-state index in [0.29, 0.717) is 40.2 Å². The van der Waals surface area contributed by atoms with Gasteiger partial charge in [-0.3, -0.25) is 14.5 Å². The lowest BCUT2D eigenvalue weighted by molar-refractivity contribution is 0.483. The predicted molar refractivity (Wildman–Crippen MR) is 185 cm³/mol. The lowest BCUT2D eigenvalue weighted by Gasteiger charge is -2.11. The van der Waals surface area contributed by atoms with E-state index < -0.39 is 6.85 Å². The molecule has 0 radical (unpaired) electrons. The summed E-state index contributed by atoms with van der Waals surface area (Å²) in [5, 5.41) is 1.99. The average Bonchev–Trinajstić information content (AvgIpc) is 3.45. The molecule has 0 atom stereocenters. The third kappa shape index (κ3) is 5.44. The second kappa shape index (κ2) is 11.9. The van der Waals surface area contributed by atoms with Crippen LogP contribution in [-0.4, -0.2) is 24.5 Å². The van der Waals surface area contributed by atoms with Crippen molar-refractivity contribution in [1.29, 1.82) is 0 Å². The van der Waals surface area contributed by atoms with Gasteiger partial charge in [0.05, 0.1) is 22.4 Å². The number of pyridine rings is 2. The van der Waals surface area contributed by atoms with Crippen LogP contribution in [0.3, 0.4) is 0 Å². The molecule has 8 aromatic rings. The fraction of sp³-hybridized carbons (Fsp3) is 0.0500. The third-order valence-electron chi connectivity index (χ3n) is 7.97.